The van der Waals surface area contributed by atoms with Crippen LogP contribution in [0, 0.1) is 6.92 Å². The average Bonchev–Trinajstić information content (AvgIpc) is 3.25. The second-order valence-corrected chi connectivity index (χ2v) is 6.77. The van der Waals surface area contributed by atoms with Gasteiger partial charge in [0.15, 0.2) is 5.78 Å². The van der Waals surface area contributed by atoms with Crippen molar-refractivity contribution in [2.45, 2.75) is 32.8 Å². The fourth-order valence-electron chi connectivity index (χ4n) is 2.62. The topological polar surface area (TPSA) is 42.1 Å². The SMILES string of the molecule is Cc1csc(C(=O)CCc2ccccc2)c1OC(C)c1cc[nH]c1. The highest BCUT2D eigenvalue weighted by molar-refractivity contribution is 7.12. The molecular weight excluding hydrogens is 318 g/mol. The number of Topliss-reactive ketones (excluding diaryl/α,β-unsaturated/α-hetero) is 1. The molecule has 2 aromatic heterocycles. The molecule has 0 aliphatic rings. The molecule has 0 saturated heterocycles. The van der Waals surface area contributed by atoms with E-state index in [-0.39, 0.29) is 11.9 Å². The van der Waals surface area contributed by atoms with Crippen molar-refractivity contribution in [1.29, 1.82) is 0 Å². The van der Waals surface area contributed by atoms with Crippen molar-refractivity contribution in [3.63, 3.8) is 0 Å². The van der Waals surface area contributed by atoms with E-state index in [1.807, 2.05) is 55.9 Å². The van der Waals surface area contributed by atoms with Gasteiger partial charge in [-0.2, -0.15) is 0 Å². The maximum Gasteiger partial charge on any atom is 0.176 e. The number of aromatic nitrogens is 1. The number of ketones is 1. The molecule has 3 nitrogen and oxygen atoms in total. The quantitative estimate of drug-likeness (QED) is 0.590. The maximum atomic E-state index is 12.6. The predicted molar refractivity (Wildman–Crippen MR) is 98.0 cm³/mol. The minimum absolute atomic E-state index is 0.0924. The van der Waals surface area contributed by atoms with Crippen LogP contribution in [0.1, 0.15) is 45.8 Å². The Morgan fingerprint density at radius 3 is 2.75 bits per heavy atom. The number of ether oxygens (including phenoxy) is 1. The highest BCUT2D eigenvalue weighted by Gasteiger charge is 2.20. The zero-order valence-corrected chi connectivity index (χ0v) is 14.7. The number of carbonyl (C=O) groups is 1. The molecule has 1 aromatic carbocycles. The summed E-state index contributed by atoms with van der Waals surface area (Å²) in [7, 11) is 0. The number of aromatic amines is 1. The number of hydrogen-bond donors (Lipinski definition) is 1. The number of aryl methyl sites for hydroxylation is 2. The zero-order chi connectivity index (χ0) is 16.9. The summed E-state index contributed by atoms with van der Waals surface area (Å²) in [6.45, 7) is 3.99. The lowest BCUT2D eigenvalue weighted by atomic mass is 10.1. The molecule has 3 rings (SSSR count). The van der Waals surface area contributed by atoms with Crippen LogP contribution in [0.15, 0.2) is 54.2 Å². The van der Waals surface area contributed by atoms with Crippen LogP contribution in [0.5, 0.6) is 5.75 Å². The Balaban J connectivity index is 1.70. The lowest BCUT2D eigenvalue weighted by Crippen LogP contribution is -2.06. The standard InChI is InChI=1S/C20H21NO2S/c1-14-13-24-20(18(22)9-8-16-6-4-3-5-7-16)19(14)23-15(2)17-10-11-21-12-17/h3-7,10-13,15,21H,8-9H2,1-2H3. The van der Waals surface area contributed by atoms with Crippen LogP contribution in [0.25, 0.3) is 0 Å². The Labute approximate surface area is 146 Å². The zero-order valence-electron chi connectivity index (χ0n) is 13.9. The second kappa shape index (κ2) is 7.49. The Bertz CT molecular complexity index is 790. The third kappa shape index (κ3) is 3.77. The first-order valence-corrected chi connectivity index (χ1v) is 8.97. The van der Waals surface area contributed by atoms with E-state index in [4.69, 9.17) is 4.74 Å². The molecule has 0 fully saturated rings. The number of H-pyrrole nitrogens is 1. The van der Waals surface area contributed by atoms with Crippen LogP contribution < -0.4 is 4.74 Å². The summed E-state index contributed by atoms with van der Waals surface area (Å²) in [6.07, 6.45) is 4.96. The van der Waals surface area contributed by atoms with Crippen LogP contribution >= 0.6 is 11.3 Å². The Kier molecular flexibility index (Phi) is 5.16. The summed E-state index contributed by atoms with van der Waals surface area (Å²) in [4.78, 5) is 16.4. The molecule has 2 heterocycles. The fourth-order valence-corrected chi connectivity index (χ4v) is 3.57. The third-order valence-corrected chi connectivity index (χ3v) is 5.16. The van der Waals surface area contributed by atoms with Gasteiger partial charge in [0.25, 0.3) is 0 Å². The minimum Gasteiger partial charge on any atom is -0.484 e. The molecule has 0 saturated carbocycles. The van der Waals surface area contributed by atoms with Crippen molar-refractivity contribution in [2.75, 3.05) is 0 Å². The van der Waals surface area contributed by atoms with Crippen molar-refractivity contribution in [1.82, 2.24) is 4.98 Å². The lowest BCUT2D eigenvalue weighted by Gasteiger charge is -2.15. The van der Waals surface area contributed by atoms with E-state index in [1.165, 1.54) is 16.9 Å². The highest BCUT2D eigenvalue weighted by Crippen LogP contribution is 2.34. The van der Waals surface area contributed by atoms with Crippen LogP contribution in [-0.4, -0.2) is 10.8 Å². The van der Waals surface area contributed by atoms with E-state index >= 15 is 0 Å². The van der Waals surface area contributed by atoms with E-state index in [0.717, 1.165) is 28.2 Å². The number of hydrogen-bond acceptors (Lipinski definition) is 3. The fraction of sp³-hybridized carbons (Fsp3) is 0.250. The first-order chi connectivity index (χ1) is 11.6. The van der Waals surface area contributed by atoms with Gasteiger partial charge in [0, 0.05) is 29.9 Å². The lowest BCUT2D eigenvalue weighted by molar-refractivity contribution is 0.0980. The van der Waals surface area contributed by atoms with Crippen molar-refractivity contribution in [3.05, 3.63) is 75.7 Å². The van der Waals surface area contributed by atoms with E-state index < -0.39 is 0 Å². The summed E-state index contributed by atoms with van der Waals surface area (Å²) in [5.74, 6) is 0.875. The number of thiophene rings is 1. The smallest absolute Gasteiger partial charge is 0.176 e. The van der Waals surface area contributed by atoms with Gasteiger partial charge in [-0.3, -0.25) is 4.79 Å². The number of benzene rings is 1. The number of carbonyl (C=O) groups excluding carboxylic acids is 1. The Morgan fingerprint density at radius 2 is 2.04 bits per heavy atom. The summed E-state index contributed by atoms with van der Waals surface area (Å²) < 4.78 is 6.10. The molecule has 3 aromatic rings. The van der Waals surface area contributed by atoms with Gasteiger partial charge in [0.05, 0.1) is 0 Å². The Hall–Kier alpha value is -2.33. The highest BCUT2D eigenvalue weighted by atomic mass is 32.1. The van der Waals surface area contributed by atoms with Gasteiger partial charge < -0.3 is 9.72 Å². The van der Waals surface area contributed by atoms with Gasteiger partial charge in [0.1, 0.15) is 16.7 Å². The van der Waals surface area contributed by atoms with Gasteiger partial charge >= 0.3 is 0 Å². The van der Waals surface area contributed by atoms with E-state index in [1.54, 1.807) is 0 Å². The van der Waals surface area contributed by atoms with Gasteiger partial charge in [-0.25, -0.2) is 0 Å². The molecule has 0 aliphatic carbocycles. The molecule has 124 valence electrons. The van der Waals surface area contributed by atoms with Crippen LogP contribution in [0.2, 0.25) is 0 Å². The first-order valence-electron chi connectivity index (χ1n) is 8.09. The largest absolute Gasteiger partial charge is 0.484 e. The summed E-state index contributed by atoms with van der Waals surface area (Å²) in [5.41, 5.74) is 3.27. The molecule has 0 amide bonds. The van der Waals surface area contributed by atoms with Crippen LogP contribution in [0.4, 0.5) is 0 Å². The Morgan fingerprint density at radius 1 is 1.25 bits per heavy atom. The summed E-state index contributed by atoms with van der Waals surface area (Å²) in [6, 6.07) is 12.1. The molecule has 4 heteroatoms. The third-order valence-electron chi connectivity index (χ3n) is 4.04. The summed E-state index contributed by atoms with van der Waals surface area (Å²) in [5, 5.41) is 1.99. The van der Waals surface area contributed by atoms with E-state index in [2.05, 4.69) is 17.1 Å². The molecule has 1 atom stereocenters. The van der Waals surface area contributed by atoms with Crippen molar-refractivity contribution >= 4 is 17.1 Å². The monoisotopic (exact) mass is 339 g/mol. The van der Waals surface area contributed by atoms with Gasteiger partial charge in [-0.15, -0.1) is 11.3 Å². The number of nitrogens with one attached hydrogen (secondary N) is 1. The number of rotatable bonds is 7. The molecule has 1 unspecified atom stereocenters. The molecule has 0 bridgehead atoms. The van der Waals surface area contributed by atoms with Crippen LogP contribution in [-0.2, 0) is 6.42 Å². The first kappa shape index (κ1) is 16.5. The minimum atomic E-state index is -0.0924. The molecular formula is C20H21NO2S. The average molecular weight is 339 g/mol. The molecule has 1 N–H and O–H groups in total. The molecule has 0 radical (unpaired) electrons. The van der Waals surface area contributed by atoms with Gasteiger partial charge in [-0.05, 0) is 37.3 Å². The van der Waals surface area contributed by atoms with Crippen molar-refractivity contribution in [3.8, 4) is 5.75 Å². The molecule has 24 heavy (non-hydrogen) atoms. The van der Waals surface area contributed by atoms with E-state index in [9.17, 15) is 4.79 Å². The van der Waals surface area contributed by atoms with Gasteiger partial charge in [-0.1, -0.05) is 30.3 Å². The van der Waals surface area contributed by atoms with E-state index in [0.29, 0.717) is 6.42 Å². The summed E-state index contributed by atoms with van der Waals surface area (Å²) >= 11 is 1.48. The second-order valence-electron chi connectivity index (χ2n) is 5.89. The molecule has 0 aliphatic heterocycles. The predicted octanol–water partition coefficient (Wildman–Crippen LogP) is 5.34. The van der Waals surface area contributed by atoms with Crippen molar-refractivity contribution < 1.29 is 9.53 Å². The van der Waals surface area contributed by atoms with Crippen LogP contribution in [0.3, 0.4) is 0 Å². The molecule has 0 spiro atoms. The maximum absolute atomic E-state index is 12.6. The van der Waals surface area contributed by atoms with Gasteiger partial charge in [0.2, 0.25) is 0 Å². The van der Waals surface area contributed by atoms with Crippen molar-refractivity contribution in [2.24, 2.45) is 0 Å². The normalized spacial score (nSPS) is 12.1.